The molecule has 0 amide bonds. The SMILES string of the molecule is C1=Cc2ccccc21.O=[P]. The van der Waals surface area contributed by atoms with E-state index in [1.54, 1.807) is 0 Å². The summed E-state index contributed by atoms with van der Waals surface area (Å²) < 4.78 is 7.94. The quantitative estimate of drug-likeness (QED) is 0.526. The Morgan fingerprint density at radius 1 is 0.900 bits per heavy atom. The van der Waals surface area contributed by atoms with Gasteiger partial charge in [0.15, 0.2) is 0 Å². The summed E-state index contributed by atoms with van der Waals surface area (Å²) in [6.45, 7) is 0. The summed E-state index contributed by atoms with van der Waals surface area (Å²) in [5, 5.41) is 0. The third kappa shape index (κ3) is 1.14. The van der Waals surface area contributed by atoms with Crippen molar-refractivity contribution in [1.29, 1.82) is 0 Å². The van der Waals surface area contributed by atoms with Crippen molar-refractivity contribution in [3.63, 3.8) is 0 Å². The molecule has 0 unspecified atom stereocenters. The van der Waals surface area contributed by atoms with Crippen molar-refractivity contribution < 1.29 is 4.57 Å². The molecule has 1 aliphatic carbocycles. The Bertz CT molecular complexity index is 230. The maximum Gasteiger partial charge on any atom is 0.261 e. The molecule has 1 nitrogen and oxygen atoms in total. The highest BCUT2D eigenvalue weighted by Crippen LogP contribution is 2.21. The van der Waals surface area contributed by atoms with Crippen LogP contribution in [0.4, 0.5) is 0 Å². The van der Waals surface area contributed by atoms with E-state index in [2.05, 4.69) is 45.5 Å². The summed E-state index contributed by atoms with van der Waals surface area (Å²) in [5.74, 6) is 0. The number of hydrogen-bond acceptors (Lipinski definition) is 1. The largest absolute Gasteiger partial charge is 0.261 e. The Labute approximate surface area is 62.0 Å². The van der Waals surface area contributed by atoms with Gasteiger partial charge in [0.25, 0.3) is 9.12 Å². The number of fused-ring (bicyclic) bond motifs is 1. The van der Waals surface area contributed by atoms with Crippen LogP contribution in [0.5, 0.6) is 0 Å². The lowest BCUT2D eigenvalue weighted by atomic mass is 9.99. The summed E-state index contributed by atoms with van der Waals surface area (Å²) in [6, 6.07) is 8.36. The predicted octanol–water partition coefficient (Wildman–Crippen LogP) is 2.91. The van der Waals surface area contributed by atoms with E-state index in [1.807, 2.05) is 0 Å². The van der Waals surface area contributed by atoms with Crippen molar-refractivity contribution in [3.05, 3.63) is 35.4 Å². The van der Waals surface area contributed by atoms with Gasteiger partial charge in [-0.1, -0.05) is 36.4 Å². The van der Waals surface area contributed by atoms with Crippen LogP contribution in [0.3, 0.4) is 0 Å². The molecule has 2 heteroatoms. The maximum absolute atomic E-state index is 7.94. The zero-order valence-corrected chi connectivity index (χ0v) is 6.21. The summed E-state index contributed by atoms with van der Waals surface area (Å²) in [5.41, 5.74) is 2.74. The molecule has 0 saturated heterocycles. The fourth-order valence-electron chi connectivity index (χ4n) is 0.898. The fourth-order valence-corrected chi connectivity index (χ4v) is 0.898. The minimum absolute atomic E-state index is 1.37. The van der Waals surface area contributed by atoms with Crippen molar-refractivity contribution in [1.82, 2.24) is 0 Å². The Kier molecular flexibility index (Phi) is 2.35. The molecule has 10 heavy (non-hydrogen) atoms. The molecule has 0 fully saturated rings. The molecule has 0 aliphatic heterocycles. The van der Waals surface area contributed by atoms with Crippen molar-refractivity contribution in [3.8, 4) is 0 Å². The van der Waals surface area contributed by atoms with E-state index in [0.29, 0.717) is 0 Å². The second kappa shape index (κ2) is 3.28. The van der Waals surface area contributed by atoms with E-state index in [4.69, 9.17) is 4.57 Å². The first-order chi connectivity index (χ1) is 4.97. The summed E-state index contributed by atoms with van der Waals surface area (Å²) in [7, 11) is 2.28. The topological polar surface area (TPSA) is 17.1 Å². The van der Waals surface area contributed by atoms with E-state index in [-0.39, 0.29) is 0 Å². The Balaban J connectivity index is 0.000000231. The van der Waals surface area contributed by atoms with Crippen LogP contribution in [0.15, 0.2) is 24.3 Å². The van der Waals surface area contributed by atoms with Crippen LogP contribution < -0.4 is 0 Å². The van der Waals surface area contributed by atoms with E-state index >= 15 is 0 Å². The standard InChI is InChI=1S/C8H6.OP/c1-2-4-8-6-5-7(8)3-1;1-2/h1-6H;. The minimum atomic E-state index is 1.37. The van der Waals surface area contributed by atoms with Gasteiger partial charge in [-0.05, 0) is 11.1 Å². The predicted molar refractivity (Wildman–Crippen MR) is 43.0 cm³/mol. The van der Waals surface area contributed by atoms with Crippen molar-refractivity contribution in [2.75, 3.05) is 0 Å². The summed E-state index contributed by atoms with van der Waals surface area (Å²) in [6.07, 6.45) is 4.24. The van der Waals surface area contributed by atoms with E-state index in [1.165, 1.54) is 11.1 Å². The fraction of sp³-hybridized carbons (Fsp3) is 0. The summed E-state index contributed by atoms with van der Waals surface area (Å²) in [4.78, 5) is 0. The molecule has 49 valence electrons. The van der Waals surface area contributed by atoms with Gasteiger partial charge in [0.05, 0.1) is 0 Å². The van der Waals surface area contributed by atoms with Gasteiger partial charge >= 0.3 is 0 Å². The Morgan fingerprint density at radius 3 is 1.50 bits per heavy atom. The van der Waals surface area contributed by atoms with Gasteiger partial charge in [0.1, 0.15) is 0 Å². The van der Waals surface area contributed by atoms with Crippen LogP contribution in [0, 0.1) is 0 Å². The van der Waals surface area contributed by atoms with Gasteiger partial charge in [-0.25, -0.2) is 0 Å². The van der Waals surface area contributed by atoms with E-state index < -0.39 is 0 Å². The van der Waals surface area contributed by atoms with Gasteiger partial charge < -0.3 is 0 Å². The average Bonchev–Trinajstić information content (AvgIpc) is 1.96. The number of hydrogen-bond donors (Lipinski definition) is 0. The highest BCUT2D eigenvalue weighted by atomic mass is 31.0. The smallest absolute Gasteiger partial charge is 0.261 e. The van der Waals surface area contributed by atoms with Crippen molar-refractivity contribution in [2.45, 2.75) is 0 Å². The second-order valence-electron chi connectivity index (χ2n) is 1.96. The molecule has 0 aromatic heterocycles. The third-order valence-electron chi connectivity index (χ3n) is 1.44. The molecule has 0 spiro atoms. The molecular weight excluding hydrogens is 143 g/mol. The lowest BCUT2D eigenvalue weighted by molar-refractivity contribution is 0.607. The average molecular weight is 149 g/mol. The lowest BCUT2D eigenvalue weighted by Crippen LogP contribution is -1.85. The lowest BCUT2D eigenvalue weighted by Gasteiger charge is -2.06. The van der Waals surface area contributed by atoms with Gasteiger partial charge in [-0.2, -0.15) is 0 Å². The number of benzene rings is 1. The Morgan fingerprint density at radius 2 is 1.30 bits per heavy atom. The first-order valence-electron chi connectivity index (χ1n) is 2.92. The molecule has 2 rings (SSSR count). The zero-order chi connectivity index (χ0) is 7.40. The third-order valence-corrected chi connectivity index (χ3v) is 1.44. The molecule has 0 saturated carbocycles. The van der Waals surface area contributed by atoms with Crippen LogP contribution in [0.1, 0.15) is 11.1 Å². The van der Waals surface area contributed by atoms with Gasteiger partial charge in [-0.15, -0.1) is 0 Å². The molecule has 1 radical (unpaired) electrons. The second-order valence-corrected chi connectivity index (χ2v) is 1.96. The van der Waals surface area contributed by atoms with Crippen LogP contribution in [0.2, 0.25) is 0 Å². The highest BCUT2D eigenvalue weighted by Gasteiger charge is 1.99. The maximum atomic E-state index is 7.94. The first-order valence-corrected chi connectivity index (χ1v) is 3.29. The zero-order valence-electron chi connectivity index (χ0n) is 5.32. The molecule has 0 N–H and O–H groups in total. The molecule has 0 atom stereocenters. The van der Waals surface area contributed by atoms with E-state index in [9.17, 15) is 0 Å². The highest BCUT2D eigenvalue weighted by molar-refractivity contribution is 7.00. The van der Waals surface area contributed by atoms with Gasteiger partial charge in [0, 0.05) is 0 Å². The van der Waals surface area contributed by atoms with Crippen LogP contribution in [-0.2, 0) is 4.57 Å². The normalized spacial score (nSPS) is 10.4. The molecular formula is C8H6OP. The van der Waals surface area contributed by atoms with Gasteiger partial charge in [-0.3, -0.25) is 4.57 Å². The van der Waals surface area contributed by atoms with Crippen LogP contribution in [-0.4, -0.2) is 0 Å². The summed E-state index contributed by atoms with van der Waals surface area (Å²) >= 11 is 0. The monoisotopic (exact) mass is 149 g/mol. The first kappa shape index (κ1) is 7.17. The molecule has 1 aromatic carbocycles. The molecule has 0 heterocycles. The molecule has 1 aromatic rings. The minimum Gasteiger partial charge on any atom is -0.261 e. The van der Waals surface area contributed by atoms with Crippen LogP contribution >= 0.6 is 9.12 Å². The molecule has 0 bridgehead atoms. The van der Waals surface area contributed by atoms with Crippen LogP contribution in [0.25, 0.3) is 12.2 Å². The number of rotatable bonds is 0. The van der Waals surface area contributed by atoms with E-state index in [0.717, 1.165) is 0 Å². The Hall–Kier alpha value is -0.940. The molecule has 1 aliphatic rings. The van der Waals surface area contributed by atoms with Crippen molar-refractivity contribution in [2.24, 2.45) is 0 Å². The van der Waals surface area contributed by atoms with Crippen molar-refractivity contribution >= 4 is 21.3 Å². The van der Waals surface area contributed by atoms with Gasteiger partial charge in [0.2, 0.25) is 0 Å².